The molecule has 4 rings (SSSR count). The van der Waals surface area contributed by atoms with Crippen molar-refractivity contribution in [2.75, 3.05) is 0 Å². The molecule has 136 valence electrons. The Labute approximate surface area is 157 Å². The summed E-state index contributed by atoms with van der Waals surface area (Å²) in [5.41, 5.74) is 4.94. The highest BCUT2D eigenvalue weighted by Gasteiger charge is 2.19. The molecule has 0 amide bonds. The van der Waals surface area contributed by atoms with Crippen LogP contribution in [0, 0.1) is 6.92 Å². The third-order valence-electron chi connectivity index (χ3n) is 4.78. The summed E-state index contributed by atoms with van der Waals surface area (Å²) in [6.45, 7) is 3.00. The first-order chi connectivity index (χ1) is 13.3. The van der Waals surface area contributed by atoms with Crippen LogP contribution < -0.4 is 4.74 Å². The molecule has 0 atom stereocenters. The number of hydrogen-bond acceptors (Lipinski definition) is 4. The SMILES string of the molecule is Cc1c(CO)n(Cc2ccccc2)c2c(OCc3ccccc3)nncc12. The smallest absolute Gasteiger partial charge is 0.258 e. The molecule has 0 bridgehead atoms. The van der Waals surface area contributed by atoms with E-state index in [1.165, 1.54) is 0 Å². The molecule has 0 saturated heterocycles. The summed E-state index contributed by atoms with van der Waals surface area (Å²) in [6, 6.07) is 20.1. The summed E-state index contributed by atoms with van der Waals surface area (Å²) >= 11 is 0. The second-order valence-corrected chi connectivity index (χ2v) is 6.49. The summed E-state index contributed by atoms with van der Waals surface area (Å²) in [6.07, 6.45) is 1.74. The van der Waals surface area contributed by atoms with Crippen LogP contribution >= 0.6 is 0 Å². The zero-order valence-electron chi connectivity index (χ0n) is 15.2. The van der Waals surface area contributed by atoms with Gasteiger partial charge in [-0.15, -0.1) is 5.10 Å². The number of aliphatic hydroxyl groups excluding tert-OH is 1. The van der Waals surface area contributed by atoms with Gasteiger partial charge in [0.1, 0.15) is 12.1 Å². The first kappa shape index (κ1) is 17.2. The lowest BCUT2D eigenvalue weighted by molar-refractivity contribution is 0.270. The van der Waals surface area contributed by atoms with Crippen molar-refractivity contribution in [2.24, 2.45) is 0 Å². The Hall–Kier alpha value is -3.18. The van der Waals surface area contributed by atoms with Crippen molar-refractivity contribution >= 4 is 10.9 Å². The van der Waals surface area contributed by atoms with E-state index in [1.54, 1.807) is 6.20 Å². The quantitative estimate of drug-likeness (QED) is 0.568. The molecule has 2 aromatic carbocycles. The van der Waals surface area contributed by atoms with Crippen LogP contribution in [0.15, 0.2) is 66.9 Å². The minimum Gasteiger partial charge on any atom is -0.470 e. The average molecular weight is 359 g/mol. The number of benzene rings is 2. The molecule has 0 aliphatic heterocycles. The second-order valence-electron chi connectivity index (χ2n) is 6.49. The Kier molecular flexibility index (Phi) is 4.85. The topological polar surface area (TPSA) is 60.2 Å². The van der Waals surface area contributed by atoms with Gasteiger partial charge in [-0.3, -0.25) is 0 Å². The van der Waals surface area contributed by atoms with Crippen molar-refractivity contribution in [1.82, 2.24) is 14.8 Å². The zero-order chi connectivity index (χ0) is 18.6. The van der Waals surface area contributed by atoms with E-state index in [1.807, 2.05) is 55.5 Å². The summed E-state index contributed by atoms with van der Waals surface area (Å²) in [5.74, 6) is 0.482. The van der Waals surface area contributed by atoms with Gasteiger partial charge >= 0.3 is 0 Å². The Morgan fingerprint density at radius 3 is 2.30 bits per heavy atom. The number of aryl methyl sites for hydroxylation is 1. The lowest BCUT2D eigenvalue weighted by Gasteiger charge is -2.12. The average Bonchev–Trinajstić information content (AvgIpc) is 2.99. The molecule has 0 aliphatic rings. The molecule has 0 radical (unpaired) electrons. The van der Waals surface area contributed by atoms with E-state index in [0.29, 0.717) is 19.0 Å². The minimum atomic E-state index is -0.0501. The number of rotatable bonds is 6. The lowest BCUT2D eigenvalue weighted by Crippen LogP contribution is -2.07. The molecule has 4 aromatic rings. The van der Waals surface area contributed by atoms with E-state index in [4.69, 9.17) is 4.74 Å². The second kappa shape index (κ2) is 7.60. The molecular weight excluding hydrogens is 338 g/mol. The Bertz CT molecular complexity index is 1040. The van der Waals surface area contributed by atoms with Crippen LogP contribution in [0.4, 0.5) is 0 Å². The molecule has 5 nitrogen and oxygen atoms in total. The lowest BCUT2D eigenvalue weighted by atomic mass is 10.2. The molecule has 0 saturated carbocycles. The molecular formula is C22H21N3O2. The number of nitrogens with zero attached hydrogens (tertiary/aromatic N) is 3. The molecule has 0 aliphatic carbocycles. The van der Waals surface area contributed by atoms with E-state index in [-0.39, 0.29) is 6.61 Å². The molecule has 2 aromatic heterocycles. The Balaban J connectivity index is 1.78. The van der Waals surface area contributed by atoms with Gasteiger partial charge in [0.25, 0.3) is 5.88 Å². The van der Waals surface area contributed by atoms with Crippen LogP contribution in [-0.4, -0.2) is 19.9 Å². The number of hydrogen-bond donors (Lipinski definition) is 1. The van der Waals surface area contributed by atoms with Crippen LogP contribution in [0.1, 0.15) is 22.4 Å². The first-order valence-electron chi connectivity index (χ1n) is 8.92. The molecule has 5 heteroatoms. The zero-order valence-corrected chi connectivity index (χ0v) is 15.2. The van der Waals surface area contributed by atoms with Gasteiger partial charge in [0.05, 0.1) is 12.8 Å². The van der Waals surface area contributed by atoms with Gasteiger partial charge in [0.2, 0.25) is 0 Å². The predicted octanol–water partition coefficient (Wildman–Crippen LogP) is 3.86. The highest BCUT2D eigenvalue weighted by atomic mass is 16.5. The highest BCUT2D eigenvalue weighted by molar-refractivity contribution is 5.88. The van der Waals surface area contributed by atoms with Crippen molar-refractivity contribution in [3.05, 3.63) is 89.2 Å². The fourth-order valence-corrected chi connectivity index (χ4v) is 3.36. The summed E-state index contributed by atoms with van der Waals surface area (Å²) in [4.78, 5) is 0. The number of aliphatic hydroxyl groups is 1. The van der Waals surface area contributed by atoms with E-state index in [0.717, 1.165) is 33.3 Å². The van der Waals surface area contributed by atoms with Crippen molar-refractivity contribution in [3.8, 4) is 5.88 Å². The third kappa shape index (κ3) is 3.41. The summed E-state index contributed by atoms with van der Waals surface area (Å²) < 4.78 is 8.10. The molecule has 2 heterocycles. The van der Waals surface area contributed by atoms with E-state index in [2.05, 4.69) is 26.9 Å². The first-order valence-corrected chi connectivity index (χ1v) is 8.92. The van der Waals surface area contributed by atoms with Gasteiger partial charge in [-0.25, -0.2) is 0 Å². The van der Waals surface area contributed by atoms with Gasteiger partial charge in [-0.1, -0.05) is 60.7 Å². The Morgan fingerprint density at radius 1 is 0.963 bits per heavy atom. The largest absolute Gasteiger partial charge is 0.470 e. The van der Waals surface area contributed by atoms with Crippen molar-refractivity contribution < 1.29 is 9.84 Å². The van der Waals surface area contributed by atoms with Crippen LogP contribution in [0.3, 0.4) is 0 Å². The van der Waals surface area contributed by atoms with E-state index < -0.39 is 0 Å². The predicted molar refractivity (Wildman–Crippen MR) is 105 cm³/mol. The minimum absolute atomic E-state index is 0.0501. The van der Waals surface area contributed by atoms with Gasteiger partial charge in [0.15, 0.2) is 0 Å². The summed E-state index contributed by atoms with van der Waals surface area (Å²) in [5, 5.41) is 19.3. The van der Waals surface area contributed by atoms with Crippen molar-refractivity contribution in [1.29, 1.82) is 0 Å². The maximum absolute atomic E-state index is 9.97. The molecule has 0 spiro atoms. The van der Waals surface area contributed by atoms with Crippen molar-refractivity contribution in [3.63, 3.8) is 0 Å². The summed E-state index contributed by atoms with van der Waals surface area (Å²) in [7, 11) is 0. The van der Waals surface area contributed by atoms with Crippen LogP contribution in [0.25, 0.3) is 10.9 Å². The van der Waals surface area contributed by atoms with Gasteiger partial charge in [-0.2, -0.15) is 5.10 Å². The highest BCUT2D eigenvalue weighted by Crippen LogP contribution is 2.31. The molecule has 0 fully saturated rings. The van der Waals surface area contributed by atoms with Crippen LogP contribution in [-0.2, 0) is 19.8 Å². The number of aromatic nitrogens is 3. The van der Waals surface area contributed by atoms with Gasteiger partial charge in [-0.05, 0) is 23.6 Å². The fraction of sp³-hybridized carbons (Fsp3) is 0.182. The van der Waals surface area contributed by atoms with Crippen LogP contribution in [0.5, 0.6) is 5.88 Å². The maximum atomic E-state index is 9.97. The standard InChI is InChI=1S/C22H21N3O2/c1-16-19-12-23-24-22(27-15-18-10-6-3-7-11-18)21(19)25(20(16)14-26)13-17-8-4-2-5-9-17/h2-12,26H,13-15H2,1H3. The van der Waals surface area contributed by atoms with Crippen molar-refractivity contribution in [2.45, 2.75) is 26.7 Å². The fourth-order valence-electron chi connectivity index (χ4n) is 3.36. The normalized spacial score (nSPS) is 11.0. The Morgan fingerprint density at radius 2 is 1.63 bits per heavy atom. The molecule has 0 unspecified atom stereocenters. The molecule has 27 heavy (non-hydrogen) atoms. The third-order valence-corrected chi connectivity index (χ3v) is 4.78. The maximum Gasteiger partial charge on any atom is 0.258 e. The van der Waals surface area contributed by atoms with E-state index >= 15 is 0 Å². The van der Waals surface area contributed by atoms with Crippen LogP contribution in [0.2, 0.25) is 0 Å². The number of ether oxygens (including phenoxy) is 1. The monoisotopic (exact) mass is 359 g/mol. The molecule has 1 N–H and O–H groups in total. The number of fused-ring (bicyclic) bond motifs is 1. The van der Waals surface area contributed by atoms with Gasteiger partial charge < -0.3 is 14.4 Å². The van der Waals surface area contributed by atoms with Gasteiger partial charge in [0, 0.05) is 17.6 Å². The van der Waals surface area contributed by atoms with E-state index in [9.17, 15) is 5.11 Å².